The average Bonchev–Trinajstić information content (AvgIpc) is 2.85. The zero-order valence-electron chi connectivity index (χ0n) is 12.1. The summed E-state index contributed by atoms with van der Waals surface area (Å²) in [6, 6.07) is 9.77. The van der Waals surface area contributed by atoms with Crippen molar-refractivity contribution in [2.75, 3.05) is 0 Å². The van der Waals surface area contributed by atoms with Gasteiger partial charge in [-0.15, -0.1) is 0 Å². The molecule has 1 heterocycles. The second-order valence-corrected chi connectivity index (χ2v) is 5.32. The highest BCUT2D eigenvalue weighted by Crippen LogP contribution is 2.30. The number of nitrogens with zero attached hydrogens (tertiary/aromatic N) is 1. The molecular formula is C17H11F4NO2. The van der Waals surface area contributed by atoms with Crippen LogP contribution in [0.1, 0.15) is 21.6 Å². The van der Waals surface area contributed by atoms with Crippen molar-refractivity contribution in [2.45, 2.75) is 12.7 Å². The van der Waals surface area contributed by atoms with Crippen molar-refractivity contribution in [1.29, 1.82) is 0 Å². The quantitative estimate of drug-likeness (QED) is 0.713. The van der Waals surface area contributed by atoms with Gasteiger partial charge in [0, 0.05) is 11.9 Å². The third-order valence-corrected chi connectivity index (χ3v) is 3.68. The number of aromatic nitrogens is 1. The van der Waals surface area contributed by atoms with Gasteiger partial charge in [0.25, 0.3) is 0 Å². The van der Waals surface area contributed by atoms with E-state index < -0.39 is 23.5 Å². The molecule has 0 saturated heterocycles. The van der Waals surface area contributed by atoms with Crippen LogP contribution in [0.4, 0.5) is 17.6 Å². The Hall–Kier alpha value is -2.83. The first kappa shape index (κ1) is 16.0. The number of aromatic carboxylic acids is 1. The average molecular weight is 337 g/mol. The van der Waals surface area contributed by atoms with Gasteiger partial charge in [0.1, 0.15) is 11.5 Å². The maximum absolute atomic E-state index is 13.5. The maximum Gasteiger partial charge on any atom is 0.416 e. The molecule has 0 fully saturated rings. The van der Waals surface area contributed by atoms with E-state index in [1.807, 2.05) is 0 Å². The summed E-state index contributed by atoms with van der Waals surface area (Å²) in [5.74, 6) is -1.79. The lowest BCUT2D eigenvalue weighted by Crippen LogP contribution is -2.11. The zero-order valence-corrected chi connectivity index (χ0v) is 12.1. The third kappa shape index (κ3) is 2.97. The number of alkyl halides is 3. The highest BCUT2D eigenvalue weighted by molar-refractivity contribution is 5.94. The number of carboxylic acid groups (broad SMARTS) is 1. The Morgan fingerprint density at radius 1 is 1.08 bits per heavy atom. The molecule has 124 valence electrons. The topological polar surface area (TPSA) is 42.2 Å². The first-order valence-corrected chi connectivity index (χ1v) is 6.94. The molecule has 0 aliphatic rings. The van der Waals surface area contributed by atoms with Gasteiger partial charge in [0.15, 0.2) is 0 Å². The number of hydrogen-bond donors (Lipinski definition) is 1. The van der Waals surface area contributed by atoms with E-state index in [0.717, 1.165) is 18.2 Å². The minimum atomic E-state index is -4.49. The van der Waals surface area contributed by atoms with Crippen LogP contribution in [0.15, 0.2) is 48.5 Å². The van der Waals surface area contributed by atoms with Gasteiger partial charge >= 0.3 is 12.1 Å². The number of carboxylic acids is 1. The molecule has 3 nitrogen and oxygen atoms in total. The van der Waals surface area contributed by atoms with Crippen LogP contribution in [0.25, 0.3) is 10.9 Å². The number of rotatable bonds is 3. The predicted octanol–water partition coefficient (Wildman–Crippen LogP) is 4.55. The van der Waals surface area contributed by atoms with Crippen LogP contribution in [0.3, 0.4) is 0 Å². The van der Waals surface area contributed by atoms with E-state index >= 15 is 0 Å². The molecule has 1 aromatic heterocycles. The van der Waals surface area contributed by atoms with E-state index in [9.17, 15) is 27.5 Å². The lowest BCUT2D eigenvalue weighted by molar-refractivity contribution is -0.137. The molecule has 1 N–H and O–H groups in total. The van der Waals surface area contributed by atoms with Gasteiger partial charge in [-0.3, -0.25) is 0 Å². The molecule has 7 heteroatoms. The first-order valence-electron chi connectivity index (χ1n) is 6.94. The number of hydrogen-bond acceptors (Lipinski definition) is 1. The zero-order chi connectivity index (χ0) is 17.5. The predicted molar refractivity (Wildman–Crippen MR) is 79.4 cm³/mol. The van der Waals surface area contributed by atoms with Crippen LogP contribution >= 0.6 is 0 Å². The molecule has 3 aromatic rings. The van der Waals surface area contributed by atoms with Gasteiger partial charge in [-0.1, -0.05) is 12.1 Å². The first-order chi connectivity index (χ1) is 11.3. The summed E-state index contributed by atoms with van der Waals surface area (Å²) in [4.78, 5) is 11.4. The minimum absolute atomic E-state index is 0.113. The number of halogens is 4. The highest BCUT2D eigenvalue weighted by Gasteiger charge is 2.30. The number of benzene rings is 2. The van der Waals surface area contributed by atoms with E-state index in [0.29, 0.717) is 10.9 Å². The second kappa shape index (κ2) is 5.67. The second-order valence-electron chi connectivity index (χ2n) is 5.32. The van der Waals surface area contributed by atoms with Crippen molar-refractivity contribution in [1.82, 2.24) is 4.57 Å². The molecule has 0 spiro atoms. The molecular weight excluding hydrogens is 326 g/mol. The molecule has 2 aromatic carbocycles. The Morgan fingerprint density at radius 3 is 2.50 bits per heavy atom. The molecule has 24 heavy (non-hydrogen) atoms. The van der Waals surface area contributed by atoms with Crippen molar-refractivity contribution in [2.24, 2.45) is 0 Å². The summed E-state index contributed by atoms with van der Waals surface area (Å²) in [6.07, 6.45) is -4.49. The summed E-state index contributed by atoms with van der Waals surface area (Å²) in [6.45, 7) is -0.113. The molecule has 0 aliphatic heterocycles. The fraction of sp³-hybridized carbons (Fsp3) is 0.118. The summed E-state index contributed by atoms with van der Waals surface area (Å²) in [5.41, 5.74) is -0.355. The van der Waals surface area contributed by atoms with Crippen LogP contribution in [0, 0.1) is 5.82 Å². The monoisotopic (exact) mass is 337 g/mol. The molecule has 0 unspecified atom stereocenters. The van der Waals surface area contributed by atoms with Crippen LogP contribution in [-0.4, -0.2) is 15.6 Å². The van der Waals surface area contributed by atoms with Crippen molar-refractivity contribution < 1.29 is 27.5 Å². The fourth-order valence-corrected chi connectivity index (χ4v) is 2.60. The summed E-state index contributed by atoms with van der Waals surface area (Å²) < 4.78 is 53.2. The van der Waals surface area contributed by atoms with E-state index in [1.165, 1.54) is 34.9 Å². The van der Waals surface area contributed by atoms with Crippen molar-refractivity contribution in [3.05, 3.63) is 71.2 Å². The van der Waals surface area contributed by atoms with Crippen LogP contribution in [-0.2, 0) is 12.7 Å². The molecule has 0 saturated carbocycles. The van der Waals surface area contributed by atoms with Gasteiger partial charge in [-0.05, 0) is 42.0 Å². The van der Waals surface area contributed by atoms with Crippen molar-refractivity contribution in [3.63, 3.8) is 0 Å². The van der Waals surface area contributed by atoms with Gasteiger partial charge in [-0.2, -0.15) is 13.2 Å². The van der Waals surface area contributed by atoms with Crippen molar-refractivity contribution >= 4 is 16.9 Å². The normalized spacial score (nSPS) is 11.8. The Kier molecular flexibility index (Phi) is 3.79. The third-order valence-electron chi connectivity index (χ3n) is 3.68. The Labute approximate surface area is 133 Å². The van der Waals surface area contributed by atoms with Crippen molar-refractivity contribution in [3.8, 4) is 0 Å². The van der Waals surface area contributed by atoms with Crippen LogP contribution in [0.2, 0.25) is 0 Å². The Morgan fingerprint density at radius 2 is 1.83 bits per heavy atom. The SMILES string of the molecule is O=C(O)c1cc2ccc(F)cc2n1Cc1cccc(C(F)(F)F)c1. The smallest absolute Gasteiger partial charge is 0.416 e. The van der Waals surface area contributed by atoms with E-state index in [1.54, 1.807) is 0 Å². The van der Waals surface area contributed by atoms with Gasteiger partial charge in [0.05, 0.1) is 11.1 Å². The maximum atomic E-state index is 13.5. The van der Waals surface area contributed by atoms with Gasteiger partial charge < -0.3 is 9.67 Å². The molecule has 3 rings (SSSR count). The fourth-order valence-electron chi connectivity index (χ4n) is 2.60. The van der Waals surface area contributed by atoms with Gasteiger partial charge in [-0.25, -0.2) is 9.18 Å². The number of carbonyl (C=O) groups is 1. The van der Waals surface area contributed by atoms with E-state index in [4.69, 9.17) is 0 Å². The lowest BCUT2D eigenvalue weighted by atomic mass is 10.1. The summed E-state index contributed by atoms with van der Waals surface area (Å²) in [7, 11) is 0. The molecule has 0 radical (unpaired) electrons. The standard InChI is InChI=1S/C17H11F4NO2/c18-13-5-4-11-7-15(16(23)24)22(14(11)8-13)9-10-2-1-3-12(6-10)17(19,20)21/h1-8H,9H2,(H,23,24). The molecule has 0 atom stereocenters. The van der Waals surface area contributed by atoms with Crippen LogP contribution in [0.5, 0.6) is 0 Å². The number of fused-ring (bicyclic) bond motifs is 1. The summed E-state index contributed by atoms with van der Waals surface area (Å²) in [5, 5.41) is 9.80. The van der Waals surface area contributed by atoms with E-state index in [2.05, 4.69) is 0 Å². The van der Waals surface area contributed by atoms with Crippen LogP contribution < -0.4 is 0 Å². The molecule has 0 amide bonds. The molecule has 0 aliphatic carbocycles. The minimum Gasteiger partial charge on any atom is -0.477 e. The Bertz CT molecular complexity index is 928. The van der Waals surface area contributed by atoms with Gasteiger partial charge in [0.2, 0.25) is 0 Å². The summed E-state index contributed by atoms with van der Waals surface area (Å²) >= 11 is 0. The Balaban J connectivity index is 2.11. The largest absolute Gasteiger partial charge is 0.477 e. The van der Waals surface area contributed by atoms with E-state index in [-0.39, 0.29) is 17.8 Å². The highest BCUT2D eigenvalue weighted by atomic mass is 19.4. The molecule has 0 bridgehead atoms. The lowest BCUT2D eigenvalue weighted by Gasteiger charge is -2.11.